The van der Waals surface area contributed by atoms with Crippen molar-refractivity contribution in [3.8, 4) is 11.3 Å². The van der Waals surface area contributed by atoms with Crippen LogP contribution < -0.4 is 0 Å². The summed E-state index contributed by atoms with van der Waals surface area (Å²) in [6.07, 6.45) is 2.91. The van der Waals surface area contributed by atoms with Crippen LogP contribution in [-0.4, -0.2) is 10.7 Å². The third-order valence-electron chi connectivity index (χ3n) is 3.77. The lowest BCUT2D eigenvalue weighted by Crippen LogP contribution is -1.92. The molecule has 26 heavy (non-hydrogen) atoms. The molecule has 0 saturated carbocycles. The highest BCUT2D eigenvalue weighted by Gasteiger charge is 2.18. The summed E-state index contributed by atoms with van der Waals surface area (Å²) in [5.41, 5.74) is 1.67. The van der Waals surface area contributed by atoms with Crippen LogP contribution >= 0.6 is 11.6 Å². The third-order valence-corrected chi connectivity index (χ3v) is 4.02. The number of rotatable bonds is 5. The maximum Gasteiger partial charge on any atom is 0.280 e. The van der Waals surface area contributed by atoms with Gasteiger partial charge in [-0.3, -0.25) is 14.9 Å². The summed E-state index contributed by atoms with van der Waals surface area (Å²) in [5, 5.41) is 11.8. The zero-order valence-corrected chi connectivity index (χ0v) is 14.6. The zero-order valence-electron chi connectivity index (χ0n) is 13.8. The average molecular weight is 368 g/mol. The zero-order chi connectivity index (χ0) is 18.7. The molecule has 1 heterocycles. The van der Waals surface area contributed by atoms with Crippen molar-refractivity contribution in [1.82, 2.24) is 0 Å². The lowest BCUT2D eigenvalue weighted by Gasteiger charge is -2.01. The van der Waals surface area contributed by atoms with E-state index in [4.69, 9.17) is 16.0 Å². The highest BCUT2D eigenvalue weighted by atomic mass is 35.5. The molecule has 6 heteroatoms. The molecule has 0 bridgehead atoms. The number of benzene rings is 2. The van der Waals surface area contributed by atoms with Gasteiger partial charge in [-0.05, 0) is 67.1 Å². The molecule has 0 atom stereocenters. The second kappa shape index (κ2) is 7.37. The van der Waals surface area contributed by atoms with Gasteiger partial charge in [0.15, 0.2) is 5.78 Å². The Labute approximate surface area is 154 Å². The van der Waals surface area contributed by atoms with Crippen molar-refractivity contribution in [1.29, 1.82) is 0 Å². The summed E-state index contributed by atoms with van der Waals surface area (Å²) in [4.78, 5) is 22.9. The summed E-state index contributed by atoms with van der Waals surface area (Å²) in [5.74, 6) is 0.605. The number of nitro groups is 1. The van der Waals surface area contributed by atoms with Crippen molar-refractivity contribution in [2.45, 2.75) is 6.92 Å². The smallest absolute Gasteiger partial charge is 0.280 e. The van der Waals surface area contributed by atoms with Gasteiger partial charge < -0.3 is 4.42 Å². The van der Waals surface area contributed by atoms with Crippen LogP contribution in [0.15, 0.2) is 65.1 Å². The van der Waals surface area contributed by atoms with Crippen LogP contribution in [0.2, 0.25) is 5.02 Å². The Balaban J connectivity index is 1.83. The molecule has 3 rings (SSSR count). The normalized spacial score (nSPS) is 11.0. The molecule has 1 aromatic heterocycles. The summed E-state index contributed by atoms with van der Waals surface area (Å²) in [6.45, 7) is 1.79. The fourth-order valence-electron chi connectivity index (χ4n) is 2.46. The van der Waals surface area contributed by atoms with Gasteiger partial charge in [-0.2, -0.15) is 0 Å². The third kappa shape index (κ3) is 3.90. The lowest BCUT2D eigenvalue weighted by molar-refractivity contribution is -0.384. The molecule has 0 saturated heterocycles. The Kier molecular flexibility index (Phi) is 5.00. The van der Waals surface area contributed by atoms with Crippen molar-refractivity contribution >= 4 is 29.1 Å². The number of hydrogen-bond acceptors (Lipinski definition) is 4. The van der Waals surface area contributed by atoms with E-state index in [2.05, 4.69) is 0 Å². The largest absolute Gasteiger partial charge is 0.456 e. The molecule has 5 nitrogen and oxygen atoms in total. The number of nitro benzene ring substituents is 1. The van der Waals surface area contributed by atoms with Gasteiger partial charge >= 0.3 is 0 Å². The minimum atomic E-state index is -0.440. The SMILES string of the molecule is Cc1ccc(-c2ccc(/C=C/C(=O)c3ccc(Cl)cc3)o2)c([N+](=O)[O-])c1. The first kappa shape index (κ1) is 17.6. The first-order chi connectivity index (χ1) is 12.4. The molecule has 130 valence electrons. The van der Waals surface area contributed by atoms with E-state index in [0.717, 1.165) is 5.56 Å². The summed E-state index contributed by atoms with van der Waals surface area (Å²) in [7, 11) is 0. The molecule has 0 unspecified atom stereocenters. The van der Waals surface area contributed by atoms with Gasteiger partial charge in [0.05, 0.1) is 10.5 Å². The monoisotopic (exact) mass is 367 g/mol. The van der Waals surface area contributed by atoms with Gasteiger partial charge in [-0.15, -0.1) is 0 Å². The fourth-order valence-corrected chi connectivity index (χ4v) is 2.58. The number of carbonyl (C=O) groups excluding carboxylic acids is 1. The van der Waals surface area contributed by atoms with E-state index in [-0.39, 0.29) is 11.5 Å². The molecule has 2 aromatic carbocycles. The Morgan fingerprint density at radius 1 is 1.12 bits per heavy atom. The van der Waals surface area contributed by atoms with Crippen LogP contribution in [0.3, 0.4) is 0 Å². The van der Waals surface area contributed by atoms with Crippen LogP contribution in [0, 0.1) is 17.0 Å². The number of ketones is 1. The predicted molar refractivity (Wildman–Crippen MR) is 100 cm³/mol. The van der Waals surface area contributed by atoms with Gasteiger partial charge in [-0.25, -0.2) is 0 Å². The number of hydrogen-bond donors (Lipinski definition) is 0. The van der Waals surface area contributed by atoms with E-state index >= 15 is 0 Å². The molecule has 0 aliphatic rings. The molecule has 0 aliphatic carbocycles. The van der Waals surface area contributed by atoms with Crippen LogP contribution in [0.4, 0.5) is 5.69 Å². The topological polar surface area (TPSA) is 73.3 Å². The standard InChI is InChI=1S/C20H14ClNO4/c1-13-2-9-17(18(12-13)22(24)25)20-11-8-16(26-20)7-10-19(23)14-3-5-15(21)6-4-14/h2-12H,1H3/b10-7+. The number of carbonyl (C=O) groups is 1. The fraction of sp³-hybridized carbons (Fsp3) is 0.0500. The predicted octanol–water partition coefficient (Wildman–Crippen LogP) is 5.71. The number of furan rings is 1. The van der Waals surface area contributed by atoms with Crippen molar-refractivity contribution < 1.29 is 14.1 Å². The minimum Gasteiger partial charge on any atom is -0.456 e. The highest BCUT2D eigenvalue weighted by molar-refractivity contribution is 6.30. The second-order valence-corrected chi connectivity index (χ2v) is 6.12. The molecule has 0 spiro atoms. The molecule has 0 radical (unpaired) electrons. The molecule has 0 fully saturated rings. The van der Waals surface area contributed by atoms with Crippen molar-refractivity contribution in [2.24, 2.45) is 0 Å². The van der Waals surface area contributed by atoms with E-state index in [1.807, 2.05) is 0 Å². The summed E-state index contributed by atoms with van der Waals surface area (Å²) >= 11 is 5.80. The van der Waals surface area contributed by atoms with Gasteiger partial charge in [0.1, 0.15) is 11.5 Å². The van der Waals surface area contributed by atoms with Gasteiger partial charge in [-0.1, -0.05) is 17.7 Å². The van der Waals surface area contributed by atoms with Crippen LogP contribution in [0.5, 0.6) is 0 Å². The Morgan fingerprint density at radius 2 is 1.85 bits per heavy atom. The molecule has 3 aromatic rings. The summed E-state index contributed by atoms with van der Waals surface area (Å²) in [6, 6.07) is 14.8. The van der Waals surface area contributed by atoms with Crippen molar-refractivity contribution in [3.63, 3.8) is 0 Å². The Bertz CT molecular complexity index is 1000. The van der Waals surface area contributed by atoms with Gasteiger partial charge in [0.2, 0.25) is 0 Å². The van der Waals surface area contributed by atoms with Crippen molar-refractivity contribution in [2.75, 3.05) is 0 Å². The number of halogens is 1. The molecular weight excluding hydrogens is 354 g/mol. The molecule has 0 aliphatic heterocycles. The van der Waals surface area contributed by atoms with E-state index in [1.54, 1.807) is 55.5 Å². The lowest BCUT2D eigenvalue weighted by atomic mass is 10.1. The second-order valence-electron chi connectivity index (χ2n) is 5.68. The number of allylic oxidation sites excluding steroid dienone is 1. The molecular formula is C20H14ClNO4. The van der Waals surface area contributed by atoms with Crippen LogP contribution in [0.1, 0.15) is 21.7 Å². The quantitative estimate of drug-likeness (QED) is 0.250. The Hall–Kier alpha value is -3.18. The van der Waals surface area contributed by atoms with E-state index < -0.39 is 4.92 Å². The van der Waals surface area contributed by atoms with E-state index in [1.165, 1.54) is 18.2 Å². The highest BCUT2D eigenvalue weighted by Crippen LogP contribution is 2.32. The van der Waals surface area contributed by atoms with Crippen LogP contribution in [-0.2, 0) is 0 Å². The summed E-state index contributed by atoms with van der Waals surface area (Å²) < 4.78 is 5.64. The van der Waals surface area contributed by atoms with Gasteiger partial charge in [0.25, 0.3) is 5.69 Å². The van der Waals surface area contributed by atoms with E-state index in [9.17, 15) is 14.9 Å². The molecule has 0 N–H and O–H groups in total. The van der Waals surface area contributed by atoms with E-state index in [0.29, 0.717) is 27.7 Å². The first-order valence-corrected chi connectivity index (χ1v) is 8.15. The maximum absolute atomic E-state index is 12.1. The minimum absolute atomic E-state index is 0.0212. The van der Waals surface area contributed by atoms with Gasteiger partial charge in [0, 0.05) is 16.7 Å². The number of aryl methyl sites for hydroxylation is 1. The Morgan fingerprint density at radius 3 is 2.54 bits per heavy atom. The van der Waals surface area contributed by atoms with Crippen LogP contribution in [0.25, 0.3) is 17.4 Å². The van der Waals surface area contributed by atoms with Crippen molar-refractivity contribution in [3.05, 3.63) is 92.7 Å². The first-order valence-electron chi connectivity index (χ1n) is 7.77. The average Bonchev–Trinajstić information content (AvgIpc) is 3.09. The molecule has 0 amide bonds. The maximum atomic E-state index is 12.1. The number of nitrogens with zero attached hydrogens (tertiary/aromatic N) is 1.